The van der Waals surface area contributed by atoms with E-state index in [9.17, 15) is 18.3 Å². The molecule has 1 amide bonds. The number of aryl methyl sites for hydroxylation is 1. The van der Waals surface area contributed by atoms with Crippen LogP contribution in [0.3, 0.4) is 0 Å². The molecule has 8 heteroatoms. The Morgan fingerprint density at radius 1 is 1.07 bits per heavy atom. The third kappa shape index (κ3) is 3.65. The number of nitrogens with zero attached hydrogens (tertiary/aromatic N) is 3. The Hall–Kier alpha value is -2.71. The number of likely N-dealkylation sites (tertiary alicyclic amines) is 1. The van der Waals surface area contributed by atoms with Gasteiger partial charge in [-0.1, -0.05) is 29.8 Å². The van der Waals surface area contributed by atoms with E-state index in [-0.39, 0.29) is 16.4 Å². The topological polar surface area (TPSA) is 90.3 Å². The van der Waals surface area contributed by atoms with Crippen LogP contribution in [0, 0.1) is 12.8 Å². The molecule has 2 aliphatic heterocycles. The highest BCUT2D eigenvalue weighted by Crippen LogP contribution is 2.31. The van der Waals surface area contributed by atoms with Gasteiger partial charge in [0.25, 0.3) is 15.9 Å². The van der Waals surface area contributed by atoms with Crippen LogP contribution in [-0.2, 0) is 14.8 Å². The normalized spacial score (nSPS) is 20.3. The standard InChI is InChI=1S/C21H23N3O4S/c1-15-8-10-16(11-9-15)29(27,28)24-21(26)18(14-23-12-4-5-13-23)20(22-24)17-6-2-3-7-19(17)25/h2-3,6-11,18,25H,4-5,12-14H2,1H3/t18-/m1/s1. The lowest BCUT2D eigenvalue weighted by molar-refractivity contribution is -0.127. The number of hydrogen-bond acceptors (Lipinski definition) is 6. The zero-order valence-electron chi connectivity index (χ0n) is 16.2. The van der Waals surface area contributed by atoms with Gasteiger partial charge < -0.3 is 10.0 Å². The molecule has 2 aromatic rings. The number of sulfonamides is 1. The molecule has 0 unspecified atom stereocenters. The van der Waals surface area contributed by atoms with Gasteiger partial charge in [0.15, 0.2) is 0 Å². The highest BCUT2D eigenvalue weighted by molar-refractivity contribution is 7.89. The molecule has 1 saturated heterocycles. The fourth-order valence-corrected chi connectivity index (χ4v) is 5.01. The zero-order chi connectivity index (χ0) is 20.6. The summed E-state index contributed by atoms with van der Waals surface area (Å²) >= 11 is 0. The number of hydrogen-bond donors (Lipinski definition) is 1. The van der Waals surface area contributed by atoms with Gasteiger partial charge in [0.2, 0.25) is 0 Å². The summed E-state index contributed by atoms with van der Waals surface area (Å²) in [4.78, 5) is 15.4. The van der Waals surface area contributed by atoms with Crippen molar-refractivity contribution in [3.63, 3.8) is 0 Å². The van der Waals surface area contributed by atoms with Crippen LogP contribution < -0.4 is 0 Å². The van der Waals surface area contributed by atoms with Gasteiger partial charge >= 0.3 is 0 Å². The van der Waals surface area contributed by atoms with Crippen molar-refractivity contribution in [3.8, 4) is 5.75 Å². The smallest absolute Gasteiger partial charge is 0.286 e. The predicted molar refractivity (Wildman–Crippen MR) is 109 cm³/mol. The van der Waals surface area contributed by atoms with E-state index in [1.54, 1.807) is 30.3 Å². The molecule has 1 N–H and O–H groups in total. The first-order valence-electron chi connectivity index (χ1n) is 9.63. The number of hydrazone groups is 1. The van der Waals surface area contributed by atoms with Gasteiger partial charge in [-0.15, -0.1) is 4.41 Å². The quantitative estimate of drug-likeness (QED) is 0.813. The molecule has 2 aromatic carbocycles. The second kappa shape index (κ2) is 7.61. The summed E-state index contributed by atoms with van der Waals surface area (Å²) in [6.07, 6.45) is 2.10. The Morgan fingerprint density at radius 2 is 1.72 bits per heavy atom. The van der Waals surface area contributed by atoms with Crippen LogP contribution in [0.2, 0.25) is 0 Å². The van der Waals surface area contributed by atoms with Crippen LogP contribution in [0.1, 0.15) is 24.0 Å². The molecule has 0 aromatic heterocycles. The Kier molecular flexibility index (Phi) is 5.14. The van der Waals surface area contributed by atoms with Crippen LogP contribution in [0.15, 0.2) is 58.5 Å². The van der Waals surface area contributed by atoms with Gasteiger partial charge in [-0.05, 0) is 57.1 Å². The largest absolute Gasteiger partial charge is 0.507 e. The molecule has 0 saturated carbocycles. The van der Waals surface area contributed by atoms with E-state index in [4.69, 9.17) is 0 Å². The van der Waals surface area contributed by atoms with Crippen LogP contribution in [0.4, 0.5) is 0 Å². The van der Waals surface area contributed by atoms with E-state index < -0.39 is 21.8 Å². The number of carbonyl (C=O) groups excluding carboxylic acids is 1. The lowest BCUT2D eigenvalue weighted by Gasteiger charge is -2.20. The first kappa shape index (κ1) is 19.6. The third-order valence-electron chi connectivity index (χ3n) is 5.38. The number of benzene rings is 2. The molecule has 2 heterocycles. The second-order valence-electron chi connectivity index (χ2n) is 7.46. The van der Waals surface area contributed by atoms with Crippen molar-refractivity contribution >= 4 is 21.6 Å². The summed E-state index contributed by atoms with van der Waals surface area (Å²) < 4.78 is 26.8. The number of phenols is 1. The lowest BCUT2D eigenvalue weighted by atomic mass is 9.96. The van der Waals surface area contributed by atoms with E-state index in [0.29, 0.717) is 16.5 Å². The summed E-state index contributed by atoms with van der Waals surface area (Å²) in [6, 6.07) is 12.9. The SMILES string of the molecule is Cc1ccc(S(=O)(=O)N2N=C(c3ccccc3O)[C@@H](CN3CCCC3)C2=O)cc1. The molecule has 0 aliphatic carbocycles. The molecule has 1 fully saturated rings. The molecule has 4 rings (SSSR count). The maximum absolute atomic E-state index is 13.2. The summed E-state index contributed by atoms with van der Waals surface area (Å²) in [5.74, 6) is -1.36. The van der Waals surface area contributed by atoms with E-state index in [0.717, 1.165) is 31.5 Å². The average molecular weight is 413 g/mol. The van der Waals surface area contributed by atoms with Crippen molar-refractivity contribution in [2.45, 2.75) is 24.7 Å². The summed E-state index contributed by atoms with van der Waals surface area (Å²) in [5, 5.41) is 14.5. The Labute approximate surface area is 170 Å². The molecule has 7 nitrogen and oxygen atoms in total. The monoisotopic (exact) mass is 413 g/mol. The number of rotatable bonds is 5. The van der Waals surface area contributed by atoms with Gasteiger partial charge in [0.05, 0.1) is 16.5 Å². The van der Waals surface area contributed by atoms with Gasteiger partial charge in [0.1, 0.15) is 5.75 Å². The van der Waals surface area contributed by atoms with E-state index in [1.165, 1.54) is 18.2 Å². The maximum Gasteiger partial charge on any atom is 0.286 e. The Bertz CT molecular complexity index is 1060. The fourth-order valence-electron chi connectivity index (χ4n) is 3.77. The molecular weight excluding hydrogens is 390 g/mol. The highest BCUT2D eigenvalue weighted by Gasteiger charge is 2.44. The average Bonchev–Trinajstić information content (AvgIpc) is 3.32. The minimum Gasteiger partial charge on any atom is -0.507 e. The minimum absolute atomic E-state index is 0.0126. The van der Waals surface area contributed by atoms with Gasteiger partial charge in [-0.25, -0.2) is 0 Å². The number of amides is 1. The molecule has 0 bridgehead atoms. The first-order chi connectivity index (χ1) is 13.9. The lowest BCUT2D eigenvalue weighted by Crippen LogP contribution is -2.38. The van der Waals surface area contributed by atoms with E-state index >= 15 is 0 Å². The van der Waals surface area contributed by atoms with Gasteiger partial charge in [0, 0.05) is 12.1 Å². The van der Waals surface area contributed by atoms with Crippen molar-refractivity contribution < 1.29 is 18.3 Å². The second-order valence-corrected chi connectivity index (χ2v) is 9.23. The number of para-hydroxylation sites is 1. The zero-order valence-corrected chi connectivity index (χ0v) is 17.0. The van der Waals surface area contributed by atoms with Crippen molar-refractivity contribution in [1.29, 1.82) is 0 Å². The van der Waals surface area contributed by atoms with Crippen LogP contribution in [0.5, 0.6) is 5.75 Å². The van der Waals surface area contributed by atoms with Crippen LogP contribution >= 0.6 is 0 Å². The van der Waals surface area contributed by atoms with Crippen molar-refractivity contribution in [2.75, 3.05) is 19.6 Å². The Morgan fingerprint density at radius 3 is 2.38 bits per heavy atom. The number of phenolic OH excluding ortho intramolecular Hbond substituents is 1. The molecule has 0 spiro atoms. The van der Waals surface area contributed by atoms with Crippen molar-refractivity contribution in [3.05, 3.63) is 59.7 Å². The van der Waals surface area contributed by atoms with Crippen LogP contribution in [-0.4, -0.2) is 54.1 Å². The Balaban J connectivity index is 1.75. The summed E-state index contributed by atoms with van der Waals surface area (Å²) in [5.41, 5.74) is 1.59. The first-order valence-corrected chi connectivity index (χ1v) is 11.1. The fraction of sp³-hybridized carbons (Fsp3) is 0.333. The van der Waals surface area contributed by atoms with E-state index in [2.05, 4.69) is 10.0 Å². The number of aromatic hydroxyl groups is 1. The molecule has 152 valence electrons. The number of carbonyl (C=O) groups is 1. The molecule has 2 aliphatic rings. The third-order valence-corrected chi connectivity index (χ3v) is 6.97. The van der Waals surface area contributed by atoms with Crippen molar-refractivity contribution in [1.82, 2.24) is 9.31 Å². The minimum atomic E-state index is -4.13. The summed E-state index contributed by atoms with van der Waals surface area (Å²) in [6.45, 7) is 3.97. The van der Waals surface area contributed by atoms with Crippen molar-refractivity contribution in [2.24, 2.45) is 11.0 Å². The van der Waals surface area contributed by atoms with Gasteiger partial charge in [-0.2, -0.15) is 13.5 Å². The molecular formula is C21H23N3O4S. The molecule has 0 radical (unpaired) electrons. The van der Waals surface area contributed by atoms with E-state index in [1.807, 2.05) is 6.92 Å². The van der Waals surface area contributed by atoms with Crippen LogP contribution in [0.25, 0.3) is 0 Å². The van der Waals surface area contributed by atoms with Gasteiger partial charge in [-0.3, -0.25) is 4.79 Å². The molecule has 1 atom stereocenters. The highest BCUT2D eigenvalue weighted by atomic mass is 32.2. The maximum atomic E-state index is 13.2. The molecule has 29 heavy (non-hydrogen) atoms. The summed E-state index contributed by atoms with van der Waals surface area (Å²) in [7, 11) is -4.13. The predicted octanol–water partition coefficient (Wildman–Crippen LogP) is 2.35.